The summed E-state index contributed by atoms with van der Waals surface area (Å²) in [5, 5.41) is 2.98. The van der Waals surface area contributed by atoms with Crippen molar-refractivity contribution < 1.29 is 9.59 Å². The zero-order valence-corrected chi connectivity index (χ0v) is 14.7. The number of urea groups is 1. The Morgan fingerprint density at radius 1 is 1.38 bits per heavy atom. The summed E-state index contributed by atoms with van der Waals surface area (Å²) >= 11 is 0. The highest BCUT2D eigenvalue weighted by Crippen LogP contribution is 2.32. The second-order valence-corrected chi connectivity index (χ2v) is 6.88. The molecule has 1 aromatic rings. The Kier molecular flexibility index (Phi) is 4.34. The lowest BCUT2D eigenvalue weighted by Gasteiger charge is -2.36. The van der Waals surface area contributed by atoms with E-state index in [1.807, 2.05) is 50.0 Å². The van der Waals surface area contributed by atoms with Gasteiger partial charge in [0.05, 0.1) is 17.6 Å². The van der Waals surface area contributed by atoms with Gasteiger partial charge < -0.3 is 20.0 Å². The zero-order chi connectivity index (χ0) is 17.4. The van der Waals surface area contributed by atoms with Crippen molar-refractivity contribution in [1.29, 1.82) is 0 Å². The number of aromatic nitrogens is 1. The van der Waals surface area contributed by atoms with Crippen molar-refractivity contribution in [2.24, 2.45) is 5.92 Å². The average Bonchev–Trinajstić information content (AvgIpc) is 2.83. The number of rotatable bonds is 2. The molecule has 0 radical (unpaired) electrons. The molecule has 2 saturated heterocycles. The topological polar surface area (TPSA) is 68.8 Å². The van der Waals surface area contributed by atoms with Crippen LogP contribution in [-0.4, -0.2) is 67.0 Å². The van der Waals surface area contributed by atoms with E-state index in [1.165, 1.54) is 0 Å². The van der Waals surface area contributed by atoms with Crippen LogP contribution in [-0.2, 0) is 4.79 Å². The van der Waals surface area contributed by atoms with Crippen LogP contribution in [0.25, 0.3) is 0 Å². The number of aryl methyl sites for hydroxylation is 1. The second-order valence-electron chi connectivity index (χ2n) is 6.88. The molecule has 1 N–H and O–H groups in total. The van der Waals surface area contributed by atoms with Gasteiger partial charge in [0.25, 0.3) is 0 Å². The first-order valence-electron chi connectivity index (χ1n) is 8.36. The van der Waals surface area contributed by atoms with E-state index < -0.39 is 0 Å². The number of nitrogens with zero attached hydrogens (tertiary/aromatic N) is 4. The van der Waals surface area contributed by atoms with Crippen molar-refractivity contribution in [3.8, 4) is 0 Å². The highest BCUT2D eigenvalue weighted by molar-refractivity contribution is 5.93. The van der Waals surface area contributed by atoms with Gasteiger partial charge in [-0.1, -0.05) is 0 Å². The van der Waals surface area contributed by atoms with Gasteiger partial charge in [0, 0.05) is 39.9 Å². The maximum atomic E-state index is 12.8. The van der Waals surface area contributed by atoms with Gasteiger partial charge >= 0.3 is 6.03 Å². The normalized spacial score (nSPS) is 23.2. The van der Waals surface area contributed by atoms with Crippen molar-refractivity contribution in [3.63, 3.8) is 0 Å². The minimum absolute atomic E-state index is 0.0301. The molecule has 130 valence electrons. The van der Waals surface area contributed by atoms with Crippen LogP contribution >= 0.6 is 0 Å². The van der Waals surface area contributed by atoms with Crippen LogP contribution in [0.1, 0.15) is 18.5 Å². The molecule has 2 aliphatic rings. The standard InChI is InChI=1S/C17H25N5O2/c1-11-7-8-13(15(18-11)20(2)3)19-17(24)22-9-5-6-12-14(22)10-21(4)16(12)23/h7-8,12,14H,5-6,9-10H2,1-4H3,(H,19,24)/t12-,14-/m1/s1. The number of hydrogen-bond donors (Lipinski definition) is 1. The minimum atomic E-state index is -0.151. The van der Waals surface area contributed by atoms with Crippen molar-refractivity contribution >= 4 is 23.4 Å². The number of nitrogens with one attached hydrogen (secondary N) is 1. The van der Waals surface area contributed by atoms with Gasteiger partial charge in [-0.3, -0.25) is 4.79 Å². The summed E-state index contributed by atoms with van der Waals surface area (Å²) in [6.07, 6.45) is 1.73. The first kappa shape index (κ1) is 16.5. The number of carbonyl (C=O) groups excluding carboxylic acids is 2. The molecule has 3 heterocycles. The predicted molar refractivity (Wildman–Crippen MR) is 93.2 cm³/mol. The third kappa shape index (κ3) is 2.90. The fourth-order valence-electron chi connectivity index (χ4n) is 3.65. The molecule has 3 amide bonds. The van der Waals surface area contributed by atoms with Gasteiger partial charge in [-0.25, -0.2) is 9.78 Å². The molecule has 0 aromatic carbocycles. The van der Waals surface area contributed by atoms with Crippen LogP contribution in [0.4, 0.5) is 16.3 Å². The maximum absolute atomic E-state index is 12.8. The molecule has 24 heavy (non-hydrogen) atoms. The number of piperidine rings is 1. The SMILES string of the molecule is Cc1ccc(NC(=O)N2CCC[C@H]3C(=O)N(C)C[C@H]32)c(N(C)C)n1. The van der Waals surface area contributed by atoms with E-state index in [0.717, 1.165) is 24.4 Å². The number of pyridine rings is 1. The van der Waals surface area contributed by atoms with Crippen LogP contribution in [0.5, 0.6) is 0 Å². The summed E-state index contributed by atoms with van der Waals surface area (Å²) in [5.74, 6) is 0.832. The summed E-state index contributed by atoms with van der Waals surface area (Å²) in [4.78, 5) is 34.9. The molecule has 7 nitrogen and oxygen atoms in total. The largest absolute Gasteiger partial charge is 0.361 e. The van der Waals surface area contributed by atoms with E-state index in [1.54, 1.807) is 4.90 Å². The first-order valence-corrected chi connectivity index (χ1v) is 8.36. The Hall–Kier alpha value is -2.31. The summed E-state index contributed by atoms with van der Waals surface area (Å²) in [6.45, 7) is 3.22. The number of likely N-dealkylation sites (N-methyl/N-ethyl adjacent to an activating group) is 1. The number of hydrogen-bond acceptors (Lipinski definition) is 4. The van der Waals surface area contributed by atoms with E-state index in [-0.39, 0.29) is 23.9 Å². The van der Waals surface area contributed by atoms with E-state index in [0.29, 0.717) is 18.8 Å². The number of likely N-dealkylation sites (tertiary alicyclic amines) is 2. The first-order chi connectivity index (χ1) is 11.4. The van der Waals surface area contributed by atoms with Crippen LogP contribution in [0.15, 0.2) is 12.1 Å². The van der Waals surface area contributed by atoms with Crippen LogP contribution < -0.4 is 10.2 Å². The lowest BCUT2D eigenvalue weighted by molar-refractivity contribution is -0.130. The maximum Gasteiger partial charge on any atom is 0.322 e. The fraction of sp³-hybridized carbons (Fsp3) is 0.588. The molecule has 0 spiro atoms. The molecule has 0 saturated carbocycles. The van der Waals surface area contributed by atoms with Crippen molar-refractivity contribution in [2.75, 3.05) is 44.4 Å². The number of amides is 3. The van der Waals surface area contributed by atoms with E-state index >= 15 is 0 Å². The molecule has 0 bridgehead atoms. The number of anilines is 2. The smallest absolute Gasteiger partial charge is 0.322 e. The Bertz CT molecular complexity index is 660. The summed E-state index contributed by atoms with van der Waals surface area (Å²) in [7, 11) is 5.61. The van der Waals surface area contributed by atoms with Gasteiger partial charge in [0.1, 0.15) is 0 Å². The molecule has 0 aliphatic carbocycles. The van der Waals surface area contributed by atoms with Crippen molar-refractivity contribution in [1.82, 2.24) is 14.8 Å². The Balaban J connectivity index is 1.79. The average molecular weight is 331 g/mol. The lowest BCUT2D eigenvalue weighted by Crippen LogP contribution is -2.50. The summed E-state index contributed by atoms with van der Waals surface area (Å²) < 4.78 is 0. The zero-order valence-electron chi connectivity index (χ0n) is 14.7. The summed E-state index contributed by atoms with van der Waals surface area (Å²) in [5.41, 5.74) is 1.59. The van der Waals surface area contributed by atoms with Crippen LogP contribution in [0, 0.1) is 12.8 Å². The highest BCUT2D eigenvalue weighted by Gasteiger charge is 2.45. The van der Waals surface area contributed by atoms with Gasteiger partial charge in [0.15, 0.2) is 5.82 Å². The Morgan fingerprint density at radius 2 is 2.12 bits per heavy atom. The number of carbonyl (C=O) groups is 2. The lowest BCUT2D eigenvalue weighted by atomic mass is 9.92. The highest BCUT2D eigenvalue weighted by atomic mass is 16.2. The van der Waals surface area contributed by atoms with Gasteiger partial charge in [0.2, 0.25) is 5.91 Å². The fourth-order valence-corrected chi connectivity index (χ4v) is 3.65. The molecule has 2 fully saturated rings. The van der Waals surface area contributed by atoms with E-state index in [9.17, 15) is 9.59 Å². The quantitative estimate of drug-likeness (QED) is 0.892. The van der Waals surface area contributed by atoms with Gasteiger partial charge in [-0.15, -0.1) is 0 Å². The monoisotopic (exact) mass is 331 g/mol. The Morgan fingerprint density at radius 3 is 2.83 bits per heavy atom. The van der Waals surface area contributed by atoms with Crippen LogP contribution in [0.2, 0.25) is 0 Å². The summed E-state index contributed by atoms with van der Waals surface area (Å²) in [6, 6.07) is 3.58. The van der Waals surface area contributed by atoms with Gasteiger partial charge in [-0.2, -0.15) is 0 Å². The third-order valence-electron chi connectivity index (χ3n) is 4.87. The molecule has 0 unspecified atom stereocenters. The predicted octanol–water partition coefficient (Wildman–Crippen LogP) is 1.54. The number of fused-ring (bicyclic) bond motifs is 1. The van der Waals surface area contributed by atoms with Crippen LogP contribution in [0.3, 0.4) is 0 Å². The Labute approximate surface area is 142 Å². The third-order valence-corrected chi connectivity index (χ3v) is 4.87. The van der Waals surface area contributed by atoms with E-state index in [2.05, 4.69) is 10.3 Å². The molecular formula is C17H25N5O2. The van der Waals surface area contributed by atoms with Crippen molar-refractivity contribution in [3.05, 3.63) is 17.8 Å². The molecule has 2 atom stereocenters. The molecular weight excluding hydrogens is 306 g/mol. The molecule has 2 aliphatic heterocycles. The second kappa shape index (κ2) is 6.30. The van der Waals surface area contributed by atoms with Crippen molar-refractivity contribution in [2.45, 2.75) is 25.8 Å². The van der Waals surface area contributed by atoms with Gasteiger partial charge in [-0.05, 0) is 31.9 Å². The molecule has 3 rings (SSSR count). The molecule has 1 aromatic heterocycles. The van der Waals surface area contributed by atoms with E-state index in [4.69, 9.17) is 0 Å². The minimum Gasteiger partial charge on any atom is -0.361 e. The molecule has 7 heteroatoms.